The van der Waals surface area contributed by atoms with Gasteiger partial charge in [0.05, 0.1) is 23.4 Å². The van der Waals surface area contributed by atoms with Crippen molar-refractivity contribution < 1.29 is 14.3 Å². The SMILES string of the molecule is Cc1cc(C#N)ccc1N=C(N)/C=C(\NN)OC1CCN(C(=O)OC(C)C)CC1. The molecule has 1 aromatic rings. The Labute approximate surface area is 170 Å². The van der Waals surface area contributed by atoms with Gasteiger partial charge < -0.3 is 20.1 Å². The van der Waals surface area contributed by atoms with Crippen LogP contribution in [0.2, 0.25) is 0 Å². The third-order valence-corrected chi connectivity index (χ3v) is 4.33. The number of nitrogens with zero attached hydrogens (tertiary/aromatic N) is 3. The molecule has 0 bridgehead atoms. The van der Waals surface area contributed by atoms with Crippen LogP contribution in [0.5, 0.6) is 0 Å². The number of nitriles is 1. The molecule has 1 heterocycles. The molecule has 1 aliphatic heterocycles. The van der Waals surface area contributed by atoms with Crippen molar-refractivity contribution in [3.63, 3.8) is 0 Å². The fourth-order valence-electron chi connectivity index (χ4n) is 2.88. The molecular formula is C20H28N6O3. The predicted molar refractivity (Wildman–Crippen MR) is 110 cm³/mol. The number of nitrogens with one attached hydrogen (secondary N) is 1. The molecule has 1 fully saturated rings. The zero-order valence-electron chi connectivity index (χ0n) is 17.0. The van der Waals surface area contributed by atoms with Crippen LogP contribution in [0.4, 0.5) is 10.5 Å². The van der Waals surface area contributed by atoms with E-state index in [-0.39, 0.29) is 24.1 Å². The summed E-state index contributed by atoms with van der Waals surface area (Å²) in [5, 5.41) is 8.94. The number of hydrogen-bond donors (Lipinski definition) is 3. The van der Waals surface area contributed by atoms with Gasteiger partial charge in [-0.05, 0) is 44.5 Å². The lowest BCUT2D eigenvalue weighted by Crippen LogP contribution is -2.42. The first kappa shape index (κ1) is 22.0. The van der Waals surface area contributed by atoms with Crippen LogP contribution in [0, 0.1) is 18.3 Å². The maximum Gasteiger partial charge on any atom is 0.410 e. The highest BCUT2D eigenvalue weighted by Gasteiger charge is 2.25. The summed E-state index contributed by atoms with van der Waals surface area (Å²) in [5.74, 6) is 6.06. The maximum atomic E-state index is 11.9. The van der Waals surface area contributed by atoms with E-state index in [1.54, 1.807) is 23.1 Å². The number of amides is 1. The largest absolute Gasteiger partial charge is 0.475 e. The molecule has 0 aromatic heterocycles. The van der Waals surface area contributed by atoms with Crippen molar-refractivity contribution in [1.29, 1.82) is 5.26 Å². The van der Waals surface area contributed by atoms with E-state index in [1.807, 2.05) is 20.8 Å². The molecule has 0 saturated carbocycles. The Kier molecular flexibility index (Phi) is 7.86. The number of amidine groups is 1. The smallest absolute Gasteiger partial charge is 0.410 e. The molecule has 29 heavy (non-hydrogen) atoms. The number of carbonyl (C=O) groups excluding carboxylic acids is 1. The second kappa shape index (κ2) is 10.3. The molecule has 0 unspecified atom stereocenters. The van der Waals surface area contributed by atoms with E-state index in [1.165, 1.54) is 6.08 Å². The molecule has 1 saturated heterocycles. The van der Waals surface area contributed by atoms with Crippen molar-refractivity contribution >= 4 is 17.6 Å². The Morgan fingerprint density at radius 3 is 2.66 bits per heavy atom. The minimum atomic E-state index is -0.305. The van der Waals surface area contributed by atoms with Crippen molar-refractivity contribution in [2.75, 3.05) is 13.1 Å². The fraction of sp³-hybridized carbons (Fsp3) is 0.450. The molecule has 1 amide bonds. The second-order valence-corrected chi connectivity index (χ2v) is 7.04. The normalized spacial score (nSPS) is 15.8. The van der Waals surface area contributed by atoms with Crippen LogP contribution in [-0.4, -0.2) is 42.1 Å². The summed E-state index contributed by atoms with van der Waals surface area (Å²) < 4.78 is 11.1. The van der Waals surface area contributed by atoms with Crippen molar-refractivity contribution in [3.8, 4) is 6.07 Å². The van der Waals surface area contributed by atoms with E-state index in [0.717, 1.165) is 5.56 Å². The summed E-state index contributed by atoms with van der Waals surface area (Å²) in [6, 6.07) is 7.24. The van der Waals surface area contributed by atoms with Gasteiger partial charge in [0.15, 0.2) is 0 Å². The van der Waals surface area contributed by atoms with Crippen molar-refractivity contribution in [2.45, 2.75) is 45.8 Å². The number of hydrogen-bond acceptors (Lipinski definition) is 7. The van der Waals surface area contributed by atoms with Crippen molar-refractivity contribution in [3.05, 3.63) is 41.3 Å². The van der Waals surface area contributed by atoms with Crippen molar-refractivity contribution in [1.82, 2.24) is 10.3 Å². The lowest BCUT2D eigenvalue weighted by molar-refractivity contribution is 0.0269. The minimum Gasteiger partial charge on any atom is -0.475 e. The first-order chi connectivity index (χ1) is 13.8. The highest BCUT2D eigenvalue weighted by atomic mass is 16.6. The van der Waals surface area contributed by atoms with Crippen LogP contribution in [-0.2, 0) is 9.47 Å². The number of ether oxygens (including phenoxy) is 2. The summed E-state index contributed by atoms with van der Waals surface area (Å²) in [5.41, 5.74) is 10.5. The van der Waals surface area contributed by atoms with Crippen molar-refractivity contribution in [2.24, 2.45) is 16.6 Å². The second-order valence-electron chi connectivity index (χ2n) is 7.04. The molecule has 9 heteroatoms. The standard InChI is InChI=1S/C20H28N6O3/c1-13(2)28-20(27)26-8-6-16(7-9-26)29-19(25-23)11-18(22)24-17-5-4-15(12-21)10-14(17)3/h4-5,10-11,13,16,25H,6-9,23H2,1-3H3,(H2,22,24)/b19-11+. The van der Waals surface area contributed by atoms with E-state index >= 15 is 0 Å². The average Bonchev–Trinajstić information content (AvgIpc) is 2.69. The van der Waals surface area contributed by atoms with Crippen LogP contribution in [0.1, 0.15) is 37.8 Å². The third kappa shape index (κ3) is 6.69. The first-order valence-corrected chi connectivity index (χ1v) is 9.47. The average molecular weight is 400 g/mol. The molecular weight excluding hydrogens is 372 g/mol. The summed E-state index contributed by atoms with van der Waals surface area (Å²) in [7, 11) is 0. The zero-order valence-corrected chi connectivity index (χ0v) is 17.0. The monoisotopic (exact) mass is 400 g/mol. The van der Waals surface area contributed by atoms with Gasteiger partial charge in [-0.25, -0.2) is 15.6 Å². The van der Waals surface area contributed by atoms with Gasteiger partial charge >= 0.3 is 6.09 Å². The number of piperidine rings is 1. The van der Waals surface area contributed by atoms with E-state index in [2.05, 4.69) is 16.5 Å². The van der Waals surface area contributed by atoms with E-state index in [4.69, 9.17) is 26.3 Å². The van der Waals surface area contributed by atoms with E-state index in [9.17, 15) is 4.79 Å². The van der Waals surface area contributed by atoms with Gasteiger partial charge in [0.25, 0.3) is 0 Å². The number of aliphatic imine (C=N–C) groups is 1. The lowest BCUT2D eigenvalue weighted by Gasteiger charge is -2.32. The fourth-order valence-corrected chi connectivity index (χ4v) is 2.88. The number of nitrogens with two attached hydrogens (primary N) is 2. The van der Waals surface area contributed by atoms with Crippen LogP contribution >= 0.6 is 0 Å². The highest BCUT2D eigenvalue weighted by Crippen LogP contribution is 2.20. The van der Waals surface area contributed by atoms with Gasteiger partial charge in [-0.15, -0.1) is 0 Å². The molecule has 0 atom stereocenters. The van der Waals surface area contributed by atoms with E-state index < -0.39 is 0 Å². The molecule has 0 spiro atoms. The Bertz CT molecular complexity index is 820. The molecule has 156 valence electrons. The van der Waals surface area contributed by atoms with Crippen LogP contribution in [0.15, 0.2) is 35.2 Å². The topological polar surface area (TPSA) is 139 Å². The number of benzene rings is 1. The quantitative estimate of drug-likeness (QED) is 0.219. The van der Waals surface area contributed by atoms with Gasteiger partial charge in [0, 0.05) is 32.0 Å². The van der Waals surface area contributed by atoms with Gasteiger partial charge in [-0.2, -0.15) is 5.26 Å². The van der Waals surface area contributed by atoms with Crippen LogP contribution < -0.4 is 17.0 Å². The molecule has 5 N–H and O–H groups in total. The molecule has 9 nitrogen and oxygen atoms in total. The lowest BCUT2D eigenvalue weighted by atomic mass is 10.1. The van der Waals surface area contributed by atoms with Crippen LogP contribution in [0.3, 0.4) is 0 Å². The maximum absolute atomic E-state index is 11.9. The zero-order chi connectivity index (χ0) is 21.4. The minimum absolute atomic E-state index is 0.107. The Morgan fingerprint density at radius 1 is 1.41 bits per heavy atom. The van der Waals surface area contributed by atoms with Gasteiger partial charge in [0.1, 0.15) is 11.9 Å². The number of hydrazine groups is 1. The molecule has 1 aliphatic rings. The van der Waals surface area contributed by atoms with E-state index in [0.29, 0.717) is 43.1 Å². The number of aryl methyl sites for hydroxylation is 1. The van der Waals surface area contributed by atoms with Gasteiger partial charge in [-0.3, -0.25) is 5.43 Å². The molecule has 1 aromatic carbocycles. The summed E-state index contributed by atoms with van der Waals surface area (Å²) in [4.78, 5) is 18.0. The van der Waals surface area contributed by atoms with Gasteiger partial charge in [0.2, 0.25) is 5.88 Å². The summed E-state index contributed by atoms with van der Waals surface area (Å²) in [6.07, 6.45) is 2.26. The summed E-state index contributed by atoms with van der Waals surface area (Å²) >= 11 is 0. The Balaban J connectivity index is 1.97. The number of rotatable bonds is 6. The first-order valence-electron chi connectivity index (χ1n) is 9.47. The summed E-state index contributed by atoms with van der Waals surface area (Å²) in [6.45, 7) is 6.59. The highest BCUT2D eigenvalue weighted by molar-refractivity contribution is 5.93. The molecule has 0 aliphatic carbocycles. The molecule has 2 rings (SSSR count). The Hall–Kier alpha value is -3.25. The number of likely N-dealkylation sites (tertiary alicyclic amines) is 1. The van der Waals surface area contributed by atoms with Gasteiger partial charge in [-0.1, -0.05) is 0 Å². The Morgan fingerprint density at radius 2 is 2.10 bits per heavy atom. The van der Waals surface area contributed by atoms with Crippen LogP contribution in [0.25, 0.3) is 0 Å². The number of carbonyl (C=O) groups is 1. The molecule has 0 radical (unpaired) electrons. The predicted octanol–water partition coefficient (Wildman–Crippen LogP) is 2.19. The third-order valence-electron chi connectivity index (χ3n) is 4.33.